The summed E-state index contributed by atoms with van der Waals surface area (Å²) in [7, 11) is 1.96. The van der Waals surface area contributed by atoms with E-state index in [0.717, 1.165) is 47.1 Å². The first kappa shape index (κ1) is 22.0. The third kappa shape index (κ3) is 4.35. The van der Waals surface area contributed by atoms with Crippen molar-refractivity contribution in [2.75, 3.05) is 30.4 Å². The van der Waals surface area contributed by atoms with Gasteiger partial charge in [0, 0.05) is 47.9 Å². The van der Waals surface area contributed by atoms with Crippen molar-refractivity contribution >= 4 is 34.1 Å². The number of aromatic nitrogens is 3. The number of hydrogen-bond donors (Lipinski definition) is 1. The van der Waals surface area contributed by atoms with Crippen molar-refractivity contribution in [1.29, 1.82) is 0 Å². The Morgan fingerprint density at radius 2 is 1.88 bits per heavy atom. The van der Waals surface area contributed by atoms with Crippen LogP contribution in [0.15, 0.2) is 36.8 Å². The average molecular weight is 455 g/mol. The molecule has 0 aromatic carbocycles. The van der Waals surface area contributed by atoms with Crippen LogP contribution in [0.2, 0.25) is 0 Å². The van der Waals surface area contributed by atoms with Crippen molar-refractivity contribution in [3.05, 3.63) is 53.7 Å². The molecule has 4 heterocycles. The molecule has 0 bridgehead atoms. The van der Waals surface area contributed by atoms with Crippen LogP contribution in [0.1, 0.15) is 36.7 Å². The van der Waals surface area contributed by atoms with Crippen LogP contribution in [0.3, 0.4) is 0 Å². The average Bonchev–Trinajstić information content (AvgIpc) is 3.69. The number of amides is 2. The molecule has 1 saturated heterocycles. The number of piperazine rings is 1. The van der Waals surface area contributed by atoms with Crippen LogP contribution >= 0.6 is 0 Å². The van der Waals surface area contributed by atoms with Crippen LogP contribution in [-0.4, -0.2) is 57.8 Å². The number of nitrogens with zero attached hydrogens (tertiary/aromatic N) is 5. The van der Waals surface area contributed by atoms with E-state index in [2.05, 4.69) is 32.1 Å². The Morgan fingerprint density at radius 1 is 1.06 bits per heavy atom. The molecule has 3 aromatic rings. The van der Waals surface area contributed by atoms with E-state index in [1.807, 2.05) is 44.0 Å². The predicted octanol–water partition coefficient (Wildman–Crippen LogP) is 2.75. The van der Waals surface area contributed by atoms with Gasteiger partial charge in [-0.15, -0.1) is 0 Å². The van der Waals surface area contributed by atoms with E-state index < -0.39 is 0 Å². The normalized spacial score (nSPS) is 18.5. The summed E-state index contributed by atoms with van der Waals surface area (Å²) in [5.74, 6) is 6.98. The van der Waals surface area contributed by atoms with E-state index in [9.17, 15) is 9.59 Å². The molecule has 8 heteroatoms. The molecule has 34 heavy (non-hydrogen) atoms. The number of carbonyl (C=O) groups is 2. The maximum Gasteiger partial charge on any atom is 0.244 e. The number of carbonyl (C=O) groups excluding carboxylic acids is 2. The van der Waals surface area contributed by atoms with Crippen molar-refractivity contribution in [2.45, 2.75) is 32.7 Å². The van der Waals surface area contributed by atoms with Gasteiger partial charge in [0.15, 0.2) is 0 Å². The summed E-state index contributed by atoms with van der Waals surface area (Å²) >= 11 is 0. The molecule has 0 spiro atoms. The fraction of sp³-hybridized carbons (Fsp3) is 0.346. The first-order valence-electron chi connectivity index (χ1n) is 11.5. The number of fused-ring (bicyclic) bond motifs is 1. The maximum atomic E-state index is 12.6. The van der Waals surface area contributed by atoms with E-state index in [1.54, 1.807) is 23.5 Å². The molecule has 2 amide bonds. The molecule has 172 valence electrons. The number of hydrogen-bond acceptors (Lipinski definition) is 6. The summed E-state index contributed by atoms with van der Waals surface area (Å²) < 4.78 is 0. The molecule has 1 aliphatic carbocycles. The van der Waals surface area contributed by atoms with Crippen molar-refractivity contribution in [3.63, 3.8) is 0 Å². The SMILES string of the molecule is Cc1ncc(C#Cc2ccc(N3CCN(C)[C@@H](C)C3=O)cn2)c2cc(NC(=O)C3CC3)ncc12. The lowest BCUT2D eigenvalue weighted by molar-refractivity contribution is -0.124. The third-order valence-electron chi connectivity index (χ3n) is 6.52. The highest BCUT2D eigenvalue weighted by molar-refractivity contribution is 5.98. The van der Waals surface area contributed by atoms with Crippen molar-refractivity contribution in [1.82, 2.24) is 19.9 Å². The van der Waals surface area contributed by atoms with Gasteiger partial charge in [-0.25, -0.2) is 9.97 Å². The minimum atomic E-state index is -0.149. The minimum Gasteiger partial charge on any atom is -0.310 e. The second kappa shape index (κ2) is 8.84. The molecule has 2 fully saturated rings. The third-order valence-corrected chi connectivity index (χ3v) is 6.52. The number of pyridine rings is 3. The summed E-state index contributed by atoms with van der Waals surface area (Å²) in [4.78, 5) is 41.9. The van der Waals surface area contributed by atoms with E-state index in [0.29, 0.717) is 18.1 Å². The van der Waals surface area contributed by atoms with Crippen LogP contribution in [0.4, 0.5) is 11.5 Å². The zero-order valence-electron chi connectivity index (χ0n) is 19.5. The lowest BCUT2D eigenvalue weighted by Crippen LogP contribution is -2.54. The van der Waals surface area contributed by atoms with Crippen LogP contribution in [-0.2, 0) is 9.59 Å². The van der Waals surface area contributed by atoms with Crippen LogP contribution in [0.25, 0.3) is 10.8 Å². The first-order chi connectivity index (χ1) is 16.4. The number of rotatable bonds is 3. The van der Waals surface area contributed by atoms with Gasteiger partial charge in [-0.05, 0) is 57.9 Å². The fourth-order valence-electron chi connectivity index (χ4n) is 3.99. The summed E-state index contributed by atoms with van der Waals surface area (Å²) in [6.07, 6.45) is 7.03. The first-order valence-corrected chi connectivity index (χ1v) is 11.5. The zero-order valence-corrected chi connectivity index (χ0v) is 19.5. The van der Waals surface area contributed by atoms with E-state index >= 15 is 0 Å². The Labute approximate surface area is 198 Å². The quantitative estimate of drug-likeness (QED) is 0.612. The standard InChI is InChI=1S/C26H26N6O2/c1-16-23-15-29-24(30-25(33)18-4-5-18)12-22(23)19(13-27-16)6-7-20-8-9-21(14-28-20)32-11-10-31(3)17(2)26(32)34/h8-9,12-15,17-18H,4-5,10-11H2,1-3H3,(H,29,30,33)/t17-/m0/s1. The van der Waals surface area contributed by atoms with Gasteiger partial charge in [0.05, 0.1) is 23.5 Å². The number of aryl methyl sites for hydroxylation is 1. The van der Waals surface area contributed by atoms with Gasteiger partial charge in [-0.3, -0.25) is 19.5 Å². The molecule has 0 radical (unpaired) electrons. The summed E-state index contributed by atoms with van der Waals surface area (Å²) in [5.41, 5.74) is 2.96. The lowest BCUT2D eigenvalue weighted by atomic mass is 10.1. The van der Waals surface area contributed by atoms with Gasteiger partial charge < -0.3 is 10.2 Å². The van der Waals surface area contributed by atoms with Gasteiger partial charge in [-0.1, -0.05) is 5.92 Å². The molecule has 8 nitrogen and oxygen atoms in total. The summed E-state index contributed by atoms with van der Waals surface area (Å²) in [6.45, 7) is 5.30. The Kier molecular flexibility index (Phi) is 5.72. The van der Waals surface area contributed by atoms with Crippen molar-refractivity contribution in [2.24, 2.45) is 5.92 Å². The molecular formula is C26H26N6O2. The highest BCUT2D eigenvalue weighted by atomic mass is 16.2. The summed E-state index contributed by atoms with van der Waals surface area (Å²) in [6, 6.07) is 5.41. The maximum absolute atomic E-state index is 12.6. The second-order valence-electron chi connectivity index (χ2n) is 8.93. The highest BCUT2D eigenvalue weighted by Gasteiger charge is 2.30. The number of likely N-dealkylation sites (N-methyl/N-ethyl adjacent to an activating group) is 1. The Balaban J connectivity index is 1.40. The van der Waals surface area contributed by atoms with Crippen molar-refractivity contribution in [3.8, 4) is 11.8 Å². The minimum absolute atomic E-state index is 0.0165. The Hall–Kier alpha value is -3.83. The second-order valence-corrected chi connectivity index (χ2v) is 8.93. The highest BCUT2D eigenvalue weighted by Crippen LogP contribution is 2.30. The van der Waals surface area contributed by atoms with Crippen LogP contribution in [0, 0.1) is 24.7 Å². The number of nitrogens with one attached hydrogen (secondary N) is 1. The van der Waals surface area contributed by atoms with Gasteiger partial charge in [0.25, 0.3) is 0 Å². The van der Waals surface area contributed by atoms with Crippen LogP contribution < -0.4 is 10.2 Å². The molecule has 1 N–H and O–H groups in total. The monoisotopic (exact) mass is 454 g/mol. The molecular weight excluding hydrogens is 428 g/mol. The molecule has 2 aliphatic rings. The van der Waals surface area contributed by atoms with Gasteiger partial charge in [0.2, 0.25) is 11.8 Å². The van der Waals surface area contributed by atoms with E-state index in [4.69, 9.17) is 0 Å². The van der Waals surface area contributed by atoms with Crippen LogP contribution in [0.5, 0.6) is 0 Å². The predicted molar refractivity (Wildman–Crippen MR) is 130 cm³/mol. The van der Waals surface area contributed by atoms with Gasteiger partial charge in [-0.2, -0.15) is 0 Å². The fourth-order valence-corrected chi connectivity index (χ4v) is 3.99. The Morgan fingerprint density at radius 3 is 2.62 bits per heavy atom. The topological polar surface area (TPSA) is 91.3 Å². The zero-order chi connectivity index (χ0) is 23.8. The largest absolute Gasteiger partial charge is 0.310 e. The molecule has 1 aliphatic heterocycles. The van der Waals surface area contributed by atoms with Gasteiger partial charge in [0.1, 0.15) is 11.5 Å². The van der Waals surface area contributed by atoms with E-state index in [1.165, 1.54) is 0 Å². The molecule has 1 atom stereocenters. The summed E-state index contributed by atoms with van der Waals surface area (Å²) in [5, 5.41) is 4.67. The molecule has 5 rings (SSSR count). The van der Waals surface area contributed by atoms with Crippen molar-refractivity contribution < 1.29 is 9.59 Å². The van der Waals surface area contributed by atoms with Gasteiger partial charge >= 0.3 is 0 Å². The molecule has 0 unspecified atom stereocenters. The lowest BCUT2D eigenvalue weighted by Gasteiger charge is -2.36. The molecule has 3 aromatic heterocycles. The Bertz CT molecular complexity index is 1340. The molecule has 1 saturated carbocycles. The van der Waals surface area contributed by atoms with E-state index in [-0.39, 0.29) is 23.8 Å². The smallest absolute Gasteiger partial charge is 0.244 e. The number of anilines is 2.